The van der Waals surface area contributed by atoms with Crippen molar-refractivity contribution in [2.24, 2.45) is 0 Å². The molecule has 0 radical (unpaired) electrons. The minimum absolute atomic E-state index is 0.242. The molecule has 1 amide bonds. The number of carbonyl (C=O) groups excluding carboxylic acids is 1. The van der Waals surface area contributed by atoms with Crippen LogP contribution in [0.3, 0.4) is 0 Å². The first-order valence-corrected chi connectivity index (χ1v) is 7.99. The van der Waals surface area contributed by atoms with Crippen LogP contribution in [0.5, 0.6) is 5.75 Å². The summed E-state index contributed by atoms with van der Waals surface area (Å²) in [4.78, 5) is 20.1. The van der Waals surface area contributed by atoms with Crippen LogP contribution in [0.15, 0.2) is 30.5 Å². The maximum absolute atomic E-state index is 11.9. The van der Waals surface area contributed by atoms with E-state index in [9.17, 15) is 4.79 Å². The van der Waals surface area contributed by atoms with Gasteiger partial charge in [-0.15, -0.1) is 0 Å². The number of aromatic nitrogens is 1. The van der Waals surface area contributed by atoms with Crippen molar-refractivity contribution in [3.63, 3.8) is 0 Å². The van der Waals surface area contributed by atoms with Gasteiger partial charge in [0.1, 0.15) is 5.52 Å². The second kappa shape index (κ2) is 7.42. The monoisotopic (exact) mass is 315 g/mol. The van der Waals surface area contributed by atoms with Crippen molar-refractivity contribution < 1.29 is 9.53 Å². The van der Waals surface area contributed by atoms with E-state index in [0.717, 1.165) is 24.0 Å². The van der Waals surface area contributed by atoms with Crippen molar-refractivity contribution in [3.8, 4) is 5.75 Å². The first-order valence-electron chi connectivity index (χ1n) is 7.99. The van der Waals surface area contributed by atoms with Gasteiger partial charge in [-0.25, -0.2) is 4.79 Å². The van der Waals surface area contributed by atoms with Crippen molar-refractivity contribution in [2.75, 3.05) is 27.2 Å². The van der Waals surface area contributed by atoms with Crippen LogP contribution in [0.4, 0.5) is 4.79 Å². The lowest BCUT2D eigenvalue weighted by atomic mass is 10.0. The minimum Gasteiger partial charge on any atom is -0.408 e. The van der Waals surface area contributed by atoms with Gasteiger partial charge in [0.2, 0.25) is 0 Å². The summed E-state index contributed by atoms with van der Waals surface area (Å²) >= 11 is 0. The molecule has 5 heteroatoms. The molecule has 0 saturated heterocycles. The minimum atomic E-state index is -0.399. The van der Waals surface area contributed by atoms with Crippen molar-refractivity contribution >= 4 is 17.0 Å². The van der Waals surface area contributed by atoms with E-state index in [0.29, 0.717) is 11.3 Å². The Balaban J connectivity index is 2.49. The van der Waals surface area contributed by atoms with Gasteiger partial charge in [-0.3, -0.25) is 9.88 Å². The largest absolute Gasteiger partial charge is 0.414 e. The number of amides is 1. The van der Waals surface area contributed by atoms with E-state index >= 15 is 0 Å². The van der Waals surface area contributed by atoms with Crippen LogP contribution in [0.2, 0.25) is 0 Å². The lowest BCUT2D eigenvalue weighted by Crippen LogP contribution is -2.27. The van der Waals surface area contributed by atoms with Crippen LogP contribution in [-0.2, 0) is 0 Å². The molecule has 0 bridgehead atoms. The van der Waals surface area contributed by atoms with E-state index in [-0.39, 0.29) is 6.04 Å². The lowest BCUT2D eigenvalue weighted by molar-refractivity contribution is 0.172. The molecule has 1 unspecified atom stereocenters. The smallest absolute Gasteiger partial charge is 0.408 e. The second-order valence-electron chi connectivity index (χ2n) is 5.75. The average molecular weight is 315 g/mol. The highest BCUT2D eigenvalue weighted by Crippen LogP contribution is 2.31. The zero-order valence-electron chi connectivity index (χ0n) is 14.5. The second-order valence-corrected chi connectivity index (χ2v) is 5.75. The molecule has 0 fully saturated rings. The van der Waals surface area contributed by atoms with Gasteiger partial charge in [0.25, 0.3) is 0 Å². The molecule has 2 aromatic rings. The van der Waals surface area contributed by atoms with Gasteiger partial charge in [0, 0.05) is 31.7 Å². The fourth-order valence-electron chi connectivity index (χ4n) is 2.67. The molecule has 1 atom stereocenters. The molecule has 0 saturated carbocycles. The summed E-state index contributed by atoms with van der Waals surface area (Å²) < 4.78 is 5.53. The third-order valence-electron chi connectivity index (χ3n) is 4.10. The number of ether oxygens (including phenoxy) is 1. The first-order chi connectivity index (χ1) is 11.0. The highest BCUT2D eigenvalue weighted by atomic mass is 16.6. The van der Waals surface area contributed by atoms with Crippen molar-refractivity contribution in [1.82, 2.24) is 14.8 Å². The summed E-state index contributed by atoms with van der Waals surface area (Å²) in [6.07, 6.45) is 1.31. The molecular weight excluding hydrogens is 290 g/mol. The van der Waals surface area contributed by atoms with Crippen LogP contribution in [0.25, 0.3) is 10.9 Å². The van der Waals surface area contributed by atoms with Gasteiger partial charge in [-0.05, 0) is 43.8 Å². The molecular formula is C18H25N3O2. The molecule has 124 valence electrons. The Bertz CT molecular complexity index is 681. The Labute approximate surface area is 137 Å². The zero-order chi connectivity index (χ0) is 17.0. The molecule has 1 heterocycles. The van der Waals surface area contributed by atoms with E-state index in [1.807, 2.05) is 18.2 Å². The summed E-state index contributed by atoms with van der Waals surface area (Å²) in [6, 6.07) is 8.18. The summed E-state index contributed by atoms with van der Waals surface area (Å²) in [7, 11) is 3.33. The molecule has 0 aliphatic carbocycles. The van der Waals surface area contributed by atoms with Crippen molar-refractivity contribution in [1.29, 1.82) is 0 Å². The Morgan fingerprint density at radius 1 is 1.26 bits per heavy atom. The van der Waals surface area contributed by atoms with E-state index in [2.05, 4.69) is 36.7 Å². The predicted octanol–water partition coefficient (Wildman–Crippen LogP) is 3.70. The number of hydrogen-bond acceptors (Lipinski definition) is 4. The Morgan fingerprint density at radius 3 is 2.57 bits per heavy atom. The zero-order valence-corrected chi connectivity index (χ0v) is 14.5. The van der Waals surface area contributed by atoms with Gasteiger partial charge in [0.15, 0.2) is 5.75 Å². The van der Waals surface area contributed by atoms with Crippen molar-refractivity contribution in [2.45, 2.75) is 26.8 Å². The van der Waals surface area contributed by atoms with Gasteiger partial charge in [0.05, 0.1) is 0 Å². The van der Waals surface area contributed by atoms with E-state index in [4.69, 9.17) is 4.74 Å². The summed E-state index contributed by atoms with van der Waals surface area (Å²) in [5, 5.41) is 0.977. The number of fused-ring (bicyclic) bond motifs is 1. The summed E-state index contributed by atoms with van der Waals surface area (Å²) in [5.41, 5.74) is 1.83. The standard InChI is InChI=1S/C18H25N3O2/c1-6-21(7-2)13(3)15-11-14-9-8-10-19-17(14)16(12-15)23-18(22)20(4)5/h8-13H,6-7H2,1-5H3. The van der Waals surface area contributed by atoms with Crippen LogP contribution < -0.4 is 4.74 Å². The fourth-order valence-corrected chi connectivity index (χ4v) is 2.67. The maximum atomic E-state index is 11.9. The van der Waals surface area contributed by atoms with Gasteiger partial charge >= 0.3 is 6.09 Å². The molecule has 2 rings (SSSR count). The number of rotatable bonds is 5. The third-order valence-corrected chi connectivity index (χ3v) is 4.10. The SMILES string of the molecule is CCN(CC)C(C)c1cc(OC(=O)N(C)C)c2ncccc2c1. The predicted molar refractivity (Wildman–Crippen MR) is 92.8 cm³/mol. The topological polar surface area (TPSA) is 45.7 Å². The van der Waals surface area contributed by atoms with Gasteiger partial charge in [-0.2, -0.15) is 0 Å². The molecule has 0 N–H and O–H groups in total. The number of carbonyl (C=O) groups is 1. The molecule has 5 nitrogen and oxygen atoms in total. The van der Waals surface area contributed by atoms with Gasteiger partial charge in [-0.1, -0.05) is 19.9 Å². The van der Waals surface area contributed by atoms with E-state index in [1.54, 1.807) is 20.3 Å². The Hall–Kier alpha value is -2.14. The quantitative estimate of drug-likeness (QED) is 0.844. The average Bonchev–Trinajstić information content (AvgIpc) is 2.55. The summed E-state index contributed by atoms with van der Waals surface area (Å²) in [5.74, 6) is 0.510. The number of nitrogens with zero attached hydrogens (tertiary/aromatic N) is 3. The highest BCUT2D eigenvalue weighted by Gasteiger charge is 2.17. The Kier molecular flexibility index (Phi) is 5.55. The van der Waals surface area contributed by atoms with E-state index in [1.165, 1.54) is 4.90 Å². The van der Waals surface area contributed by atoms with Crippen LogP contribution >= 0.6 is 0 Å². The molecule has 0 spiro atoms. The van der Waals surface area contributed by atoms with Crippen LogP contribution in [0, 0.1) is 0 Å². The number of benzene rings is 1. The van der Waals surface area contributed by atoms with Crippen LogP contribution in [0.1, 0.15) is 32.4 Å². The van der Waals surface area contributed by atoms with Crippen molar-refractivity contribution in [3.05, 3.63) is 36.0 Å². The summed E-state index contributed by atoms with van der Waals surface area (Å²) in [6.45, 7) is 8.40. The fraction of sp³-hybridized carbons (Fsp3) is 0.444. The molecule has 0 aliphatic rings. The first kappa shape index (κ1) is 17.2. The van der Waals surface area contributed by atoms with Crippen LogP contribution in [-0.4, -0.2) is 48.1 Å². The third kappa shape index (κ3) is 3.79. The Morgan fingerprint density at radius 2 is 1.96 bits per heavy atom. The molecule has 1 aromatic heterocycles. The normalized spacial score (nSPS) is 12.4. The number of hydrogen-bond donors (Lipinski definition) is 0. The highest BCUT2D eigenvalue weighted by molar-refractivity contribution is 5.87. The van der Waals surface area contributed by atoms with Gasteiger partial charge < -0.3 is 9.64 Å². The maximum Gasteiger partial charge on any atom is 0.414 e. The molecule has 23 heavy (non-hydrogen) atoms. The lowest BCUT2D eigenvalue weighted by Gasteiger charge is -2.27. The molecule has 1 aromatic carbocycles. The molecule has 0 aliphatic heterocycles. The van der Waals surface area contributed by atoms with E-state index < -0.39 is 6.09 Å². The number of pyridine rings is 1.